The molecule has 0 aliphatic carbocycles. The van der Waals surface area contributed by atoms with Gasteiger partial charge in [0.1, 0.15) is 0 Å². The minimum atomic E-state index is 0.348. The molecular formula is C13H12BrN5. The molecule has 0 radical (unpaired) electrons. The zero-order valence-electron chi connectivity index (χ0n) is 10.5. The number of halogens is 1. The molecule has 1 aromatic heterocycles. The van der Waals surface area contributed by atoms with Gasteiger partial charge in [0.05, 0.1) is 21.8 Å². The van der Waals surface area contributed by atoms with Crippen LogP contribution in [0.2, 0.25) is 0 Å². The summed E-state index contributed by atoms with van der Waals surface area (Å²) in [5, 5.41) is 8.97. The first kappa shape index (κ1) is 13.5. The summed E-state index contributed by atoms with van der Waals surface area (Å²) in [4.78, 5) is 8.39. The molecule has 0 amide bonds. The third-order valence-electron chi connectivity index (χ3n) is 2.77. The second-order valence-electron chi connectivity index (χ2n) is 4.13. The average molecular weight is 318 g/mol. The zero-order chi connectivity index (χ0) is 14.0. The van der Waals surface area contributed by atoms with Crippen molar-refractivity contribution >= 4 is 21.9 Å². The van der Waals surface area contributed by atoms with Crippen molar-refractivity contribution in [2.75, 3.05) is 5.43 Å². The second kappa shape index (κ2) is 5.34. The number of nitrogens with zero attached hydrogens (tertiary/aromatic N) is 3. The Morgan fingerprint density at radius 1 is 1.32 bits per heavy atom. The van der Waals surface area contributed by atoms with Gasteiger partial charge in [-0.25, -0.2) is 15.8 Å². The van der Waals surface area contributed by atoms with Crippen molar-refractivity contribution in [1.82, 2.24) is 9.97 Å². The molecule has 0 spiro atoms. The van der Waals surface area contributed by atoms with Crippen LogP contribution in [0.3, 0.4) is 0 Å². The molecule has 2 aromatic rings. The van der Waals surface area contributed by atoms with Crippen molar-refractivity contribution in [2.45, 2.75) is 13.8 Å². The zero-order valence-corrected chi connectivity index (χ0v) is 12.1. The Hall–Kier alpha value is -1.97. The van der Waals surface area contributed by atoms with Crippen LogP contribution in [-0.2, 0) is 0 Å². The van der Waals surface area contributed by atoms with Crippen LogP contribution in [0.1, 0.15) is 16.7 Å². The summed E-state index contributed by atoms with van der Waals surface area (Å²) < 4.78 is 0.780. The van der Waals surface area contributed by atoms with Crippen molar-refractivity contribution in [1.29, 1.82) is 5.26 Å². The molecule has 0 aliphatic rings. The van der Waals surface area contributed by atoms with E-state index in [9.17, 15) is 0 Å². The van der Waals surface area contributed by atoms with Gasteiger partial charge in [0.25, 0.3) is 0 Å². The van der Waals surface area contributed by atoms with Crippen LogP contribution < -0.4 is 11.3 Å². The SMILES string of the molecule is Cc1cc(C#N)cc(C)c1-c1nc(NN)ncc1Br. The van der Waals surface area contributed by atoms with Crippen LogP contribution in [0, 0.1) is 25.2 Å². The average Bonchev–Trinajstić information content (AvgIpc) is 2.39. The van der Waals surface area contributed by atoms with E-state index in [0.717, 1.165) is 26.9 Å². The summed E-state index contributed by atoms with van der Waals surface area (Å²) in [6, 6.07) is 5.83. The number of nitrogens with one attached hydrogen (secondary N) is 1. The standard InChI is InChI=1S/C13H12BrN5/c1-7-3-9(5-15)4-8(2)11(7)12-10(14)6-17-13(18-12)19-16/h3-4,6H,16H2,1-2H3,(H,17,18,19). The molecule has 0 saturated carbocycles. The Bertz CT molecular complexity index is 652. The molecule has 0 fully saturated rings. The first-order valence-electron chi connectivity index (χ1n) is 5.57. The second-order valence-corrected chi connectivity index (χ2v) is 4.99. The van der Waals surface area contributed by atoms with Gasteiger partial charge in [-0.05, 0) is 53.0 Å². The highest BCUT2D eigenvalue weighted by Gasteiger charge is 2.13. The summed E-state index contributed by atoms with van der Waals surface area (Å²) in [7, 11) is 0. The fourth-order valence-electron chi connectivity index (χ4n) is 2.01. The number of nitrogens with two attached hydrogens (primary N) is 1. The highest BCUT2D eigenvalue weighted by Crippen LogP contribution is 2.32. The Morgan fingerprint density at radius 2 is 1.95 bits per heavy atom. The van der Waals surface area contributed by atoms with E-state index in [0.29, 0.717) is 11.5 Å². The number of benzene rings is 1. The maximum absolute atomic E-state index is 8.97. The molecule has 0 bridgehead atoms. The summed E-state index contributed by atoms with van der Waals surface area (Å²) in [6.07, 6.45) is 1.65. The lowest BCUT2D eigenvalue weighted by atomic mass is 9.97. The van der Waals surface area contributed by atoms with Gasteiger partial charge in [0, 0.05) is 11.8 Å². The minimum Gasteiger partial charge on any atom is -0.292 e. The van der Waals surface area contributed by atoms with E-state index in [4.69, 9.17) is 11.1 Å². The van der Waals surface area contributed by atoms with Gasteiger partial charge in [0.2, 0.25) is 5.95 Å². The Balaban J connectivity index is 2.69. The number of aromatic nitrogens is 2. The van der Waals surface area contributed by atoms with Gasteiger partial charge >= 0.3 is 0 Å². The normalized spacial score (nSPS) is 10.1. The Morgan fingerprint density at radius 3 is 2.47 bits per heavy atom. The van der Waals surface area contributed by atoms with Crippen LogP contribution in [0.15, 0.2) is 22.8 Å². The predicted molar refractivity (Wildman–Crippen MR) is 77.2 cm³/mol. The van der Waals surface area contributed by atoms with E-state index < -0.39 is 0 Å². The molecule has 3 N–H and O–H groups in total. The largest absolute Gasteiger partial charge is 0.292 e. The molecule has 2 rings (SSSR count). The summed E-state index contributed by atoms with van der Waals surface area (Å²) in [5.74, 6) is 5.68. The third-order valence-corrected chi connectivity index (χ3v) is 3.35. The third kappa shape index (κ3) is 2.57. The van der Waals surface area contributed by atoms with Crippen LogP contribution in [0.25, 0.3) is 11.3 Å². The monoisotopic (exact) mass is 317 g/mol. The van der Waals surface area contributed by atoms with E-state index in [1.807, 2.05) is 26.0 Å². The summed E-state index contributed by atoms with van der Waals surface area (Å²) in [6.45, 7) is 3.90. The number of aryl methyl sites for hydroxylation is 2. The van der Waals surface area contributed by atoms with E-state index in [-0.39, 0.29) is 0 Å². The predicted octanol–water partition coefficient (Wildman–Crippen LogP) is 2.68. The van der Waals surface area contributed by atoms with Crippen molar-refractivity contribution < 1.29 is 0 Å². The van der Waals surface area contributed by atoms with Crippen LogP contribution >= 0.6 is 15.9 Å². The summed E-state index contributed by atoms with van der Waals surface area (Å²) in [5.41, 5.74) is 6.77. The lowest BCUT2D eigenvalue weighted by Gasteiger charge is -2.12. The molecule has 6 heteroatoms. The Kier molecular flexibility index (Phi) is 3.79. The summed E-state index contributed by atoms with van der Waals surface area (Å²) >= 11 is 3.44. The Labute approximate surface area is 119 Å². The van der Waals surface area contributed by atoms with Gasteiger partial charge in [0.15, 0.2) is 0 Å². The lowest BCUT2D eigenvalue weighted by molar-refractivity contribution is 1.10. The van der Waals surface area contributed by atoms with Crippen LogP contribution in [0.5, 0.6) is 0 Å². The van der Waals surface area contributed by atoms with Gasteiger partial charge in [-0.3, -0.25) is 5.43 Å². The molecule has 0 atom stereocenters. The maximum Gasteiger partial charge on any atom is 0.237 e. The van der Waals surface area contributed by atoms with Crippen molar-refractivity contribution in [2.24, 2.45) is 5.84 Å². The number of hydrogen-bond donors (Lipinski definition) is 2. The minimum absolute atomic E-state index is 0.348. The quantitative estimate of drug-likeness (QED) is 0.656. The highest BCUT2D eigenvalue weighted by atomic mass is 79.9. The molecule has 1 aromatic carbocycles. The van der Waals surface area contributed by atoms with Crippen LogP contribution in [0.4, 0.5) is 5.95 Å². The number of nitriles is 1. The molecule has 19 heavy (non-hydrogen) atoms. The number of rotatable bonds is 2. The van der Waals surface area contributed by atoms with Crippen molar-refractivity contribution in [3.8, 4) is 17.3 Å². The van der Waals surface area contributed by atoms with Gasteiger partial charge in [-0.2, -0.15) is 5.26 Å². The highest BCUT2D eigenvalue weighted by molar-refractivity contribution is 9.10. The molecule has 0 saturated heterocycles. The van der Waals surface area contributed by atoms with Crippen molar-refractivity contribution in [3.05, 3.63) is 39.5 Å². The number of nitrogen functional groups attached to an aromatic ring is 1. The van der Waals surface area contributed by atoms with E-state index in [1.54, 1.807) is 6.20 Å². The lowest BCUT2D eigenvalue weighted by Crippen LogP contribution is -2.11. The van der Waals surface area contributed by atoms with Gasteiger partial charge in [-0.15, -0.1) is 0 Å². The maximum atomic E-state index is 8.97. The molecule has 0 unspecified atom stereocenters. The number of hydrazine groups is 1. The number of anilines is 1. The first-order valence-corrected chi connectivity index (χ1v) is 6.37. The molecular weight excluding hydrogens is 306 g/mol. The van der Waals surface area contributed by atoms with Gasteiger partial charge < -0.3 is 0 Å². The fourth-order valence-corrected chi connectivity index (χ4v) is 2.40. The topological polar surface area (TPSA) is 87.6 Å². The molecule has 5 nitrogen and oxygen atoms in total. The van der Waals surface area contributed by atoms with Crippen LogP contribution in [-0.4, -0.2) is 9.97 Å². The van der Waals surface area contributed by atoms with E-state index >= 15 is 0 Å². The van der Waals surface area contributed by atoms with Crippen molar-refractivity contribution in [3.63, 3.8) is 0 Å². The van der Waals surface area contributed by atoms with E-state index in [1.165, 1.54) is 0 Å². The molecule has 0 aliphatic heterocycles. The first-order chi connectivity index (χ1) is 9.06. The smallest absolute Gasteiger partial charge is 0.237 e. The van der Waals surface area contributed by atoms with Gasteiger partial charge in [-0.1, -0.05) is 0 Å². The van der Waals surface area contributed by atoms with E-state index in [2.05, 4.69) is 37.4 Å². The molecule has 96 valence electrons. The number of hydrogen-bond acceptors (Lipinski definition) is 5. The molecule has 1 heterocycles. The fraction of sp³-hybridized carbons (Fsp3) is 0.154.